The largest absolute Gasteiger partial charge is 0.357 e. The van der Waals surface area contributed by atoms with Crippen LogP contribution in [0.15, 0.2) is 40.1 Å². The number of halogens is 2. The molecule has 9 nitrogen and oxygen atoms in total. The number of guanidine groups is 1. The summed E-state index contributed by atoms with van der Waals surface area (Å²) in [5.74, 6) is 2.56. The number of nitrogens with zero attached hydrogens (tertiary/aromatic N) is 6. The third-order valence-electron chi connectivity index (χ3n) is 3.92. The number of benzene rings is 1. The first kappa shape index (κ1) is 23.1. The fourth-order valence-corrected chi connectivity index (χ4v) is 2.78. The number of aromatic nitrogens is 5. The maximum Gasteiger partial charge on any atom is 0.248 e. The van der Waals surface area contributed by atoms with E-state index in [-0.39, 0.29) is 30.5 Å². The minimum atomic E-state index is 0. The molecule has 29 heavy (non-hydrogen) atoms. The topological polar surface area (TPSA) is 106 Å². The van der Waals surface area contributed by atoms with Crippen LogP contribution in [0.3, 0.4) is 0 Å². The molecular weight excluding hydrogens is 507 g/mol. The molecule has 0 unspecified atom stereocenters. The number of hydrogen-bond acceptors (Lipinski definition) is 6. The highest BCUT2D eigenvalue weighted by Crippen LogP contribution is 2.20. The van der Waals surface area contributed by atoms with E-state index in [1.807, 2.05) is 23.6 Å². The van der Waals surface area contributed by atoms with Gasteiger partial charge >= 0.3 is 0 Å². The van der Waals surface area contributed by atoms with Crippen molar-refractivity contribution in [3.63, 3.8) is 0 Å². The summed E-state index contributed by atoms with van der Waals surface area (Å²) in [4.78, 5) is 8.88. The van der Waals surface area contributed by atoms with Crippen molar-refractivity contribution in [2.75, 3.05) is 13.1 Å². The van der Waals surface area contributed by atoms with Crippen LogP contribution in [0.4, 0.5) is 0 Å². The van der Waals surface area contributed by atoms with Crippen molar-refractivity contribution in [3.05, 3.63) is 47.3 Å². The molecule has 0 amide bonds. The van der Waals surface area contributed by atoms with Gasteiger partial charge in [-0.15, -0.1) is 34.2 Å². The standard InChI is InChI=1S/C18H23ClN8O.HI/c1-3-15-25-23-12-27(15)9-8-21-18(20-4-2)22-11-16-24-17(26-28-16)13-6-5-7-14(19)10-13;/h5-7,10,12H,3-4,8-9,11H2,1-2H3,(H2,20,21,22);1H. The Kier molecular flexibility index (Phi) is 9.32. The summed E-state index contributed by atoms with van der Waals surface area (Å²) in [5.41, 5.74) is 0.803. The Morgan fingerprint density at radius 2 is 2.14 bits per heavy atom. The Hall–Kier alpha value is -2.21. The fraction of sp³-hybridized carbons (Fsp3) is 0.389. The normalized spacial score (nSPS) is 11.2. The lowest BCUT2D eigenvalue weighted by atomic mass is 10.2. The van der Waals surface area contributed by atoms with Gasteiger partial charge in [0.25, 0.3) is 0 Å². The van der Waals surface area contributed by atoms with Gasteiger partial charge in [-0.05, 0) is 19.1 Å². The van der Waals surface area contributed by atoms with E-state index < -0.39 is 0 Å². The zero-order valence-corrected chi connectivity index (χ0v) is 19.4. The average molecular weight is 531 g/mol. The Labute approximate surface area is 191 Å². The molecule has 0 aliphatic rings. The molecule has 0 atom stereocenters. The van der Waals surface area contributed by atoms with Crippen molar-refractivity contribution in [1.29, 1.82) is 0 Å². The molecule has 0 fully saturated rings. The highest BCUT2D eigenvalue weighted by Gasteiger charge is 2.09. The zero-order valence-electron chi connectivity index (χ0n) is 16.3. The molecule has 156 valence electrons. The third kappa shape index (κ3) is 6.67. The van der Waals surface area contributed by atoms with Crippen LogP contribution >= 0.6 is 35.6 Å². The van der Waals surface area contributed by atoms with Gasteiger partial charge in [-0.3, -0.25) is 0 Å². The summed E-state index contributed by atoms with van der Waals surface area (Å²) in [5, 5.41) is 19.1. The Balaban J connectivity index is 0.00000300. The number of nitrogens with one attached hydrogen (secondary N) is 2. The van der Waals surface area contributed by atoms with E-state index in [1.54, 1.807) is 18.5 Å². The maximum absolute atomic E-state index is 6.01. The predicted octanol–water partition coefficient (Wildman–Crippen LogP) is 2.92. The molecule has 0 bridgehead atoms. The first-order chi connectivity index (χ1) is 13.7. The summed E-state index contributed by atoms with van der Waals surface area (Å²) >= 11 is 6.01. The van der Waals surface area contributed by atoms with E-state index in [0.29, 0.717) is 29.2 Å². The van der Waals surface area contributed by atoms with E-state index in [1.165, 1.54) is 0 Å². The van der Waals surface area contributed by atoms with Crippen LogP contribution in [0.1, 0.15) is 25.6 Å². The van der Waals surface area contributed by atoms with Gasteiger partial charge in [-0.1, -0.05) is 35.8 Å². The highest BCUT2D eigenvalue weighted by molar-refractivity contribution is 14.0. The molecule has 0 saturated carbocycles. The van der Waals surface area contributed by atoms with Crippen molar-refractivity contribution in [1.82, 2.24) is 35.5 Å². The Morgan fingerprint density at radius 1 is 1.28 bits per heavy atom. The monoisotopic (exact) mass is 530 g/mol. The van der Waals surface area contributed by atoms with Crippen LogP contribution < -0.4 is 10.6 Å². The summed E-state index contributed by atoms with van der Waals surface area (Å²) in [6.45, 7) is 6.53. The van der Waals surface area contributed by atoms with Crippen molar-refractivity contribution < 1.29 is 4.52 Å². The van der Waals surface area contributed by atoms with E-state index in [2.05, 4.69) is 42.9 Å². The lowest BCUT2D eigenvalue weighted by Crippen LogP contribution is -2.38. The molecule has 2 heterocycles. The molecule has 3 aromatic rings. The fourth-order valence-electron chi connectivity index (χ4n) is 2.59. The number of aliphatic imine (C=N–C) groups is 1. The minimum absolute atomic E-state index is 0. The van der Waals surface area contributed by atoms with Crippen LogP contribution in [0, 0.1) is 0 Å². The SMILES string of the molecule is CCNC(=NCc1nc(-c2cccc(Cl)c2)no1)NCCn1cnnc1CC.I. The first-order valence-electron chi connectivity index (χ1n) is 9.17. The quantitative estimate of drug-likeness (QED) is 0.262. The van der Waals surface area contributed by atoms with Gasteiger partial charge in [0.15, 0.2) is 5.96 Å². The molecule has 0 radical (unpaired) electrons. The van der Waals surface area contributed by atoms with Crippen LogP contribution in [-0.4, -0.2) is 44.0 Å². The van der Waals surface area contributed by atoms with Gasteiger partial charge in [0, 0.05) is 36.6 Å². The predicted molar refractivity (Wildman–Crippen MR) is 122 cm³/mol. The van der Waals surface area contributed by atoms with Crippen molar-refractivity contribution in [2.24, 2.45) is 4.99 Å². The number of rotatable bonds is 8. The molecule has 11 heteroatoms. The second-order valence-electron chi connectivity index (χ2n) is 5.94. The molecule has 3 rings (SSSR count). The first-order valence-corrected chi connectivity index (χ1v) is 9.54. The van der Waals surface area contributed by atoms with Crippen molar-refractivity contribution in [2.45, 2.75) is 33.4 Å². The van der Waals surface area contributed by atoms with Crippen LogP contribution in [0.5, 0.6) is 0 Å². The second-order valence-corrected chi connectivity index (χ2v) is 6.37. The zero-order chi connectivity index (χ0) is 19.8. The van der Waals surface area contributed by atoms with E-state index in [0.717, 1.165) is 30.9 Å². The number of hydrogen-bond donors (Lipinski definition) is 2. The van der Waals surface area contributed by atoms with Crippen LogP contribution in [-0.2, 0) is 19.5 Å². The lowest BCUT2D eigenvalue weighted by Gasteiger charge is -2.11. The maximum atomic E-state index is 6.01. The van der Waals surface area contributed by atoms with Crippen LogP contribution in [0.2, 0.25) is 5.02 Å². The molecule has 2 aromatic heterocycles. The van der Waals surface area contributed by atoms with Crippen molar-refractivity contribution in [3.8, 4) is 11.4 Å². The molecule has 1 aromatic carbocycles. The summed E-state index contributed by atoms with van der Waals surface area (Å²) < 4.78 is 7.31. The van der Waals surface area contributed by atoms with Gasteiger partial charge in [0.05, 0.1) is 0 Å². The van der Waals surface area contributed by atoms with Crippen molar-refractivity contribution >= 4 is 41.5 Å². The summed E-state index contributed by atoms with van der Waals surface area (Å²) in [7, 11) is 0. The van der Waals surface area contributed by atoms with E-state index in [4.69, 9.17) is 16.1 Å². The van der Waals surface area contributed by atoms with Gasteiger partial charge in [-0.2, -0.15) is 4.98 Å². The van der Waals surface area contributed by atoms with Gasteiger partial charge in [0.2, 0.25) is 11.7 Å². The Bertz CT molecular complexity index is 926. The second kappa shape index (κ2) is 11.7. The highest BCUT2D eigenvalue weighted by atomic mass is 127. The molecule has 0 aliphatic carbocycles. The third-order valence-corrected chi connectivity index (χ3v) is 4.16. The van der Waals surface area contributed by atoms with E-state index in [9.17, 15) is 0 Å². The molecule has 0 spiro atoms. The molecule has 0 aliphatic heterocycles. The smallest absolute Gasteiger partial charge is 0.248 e. The number of aryl methyl sites for hydroxylation is 1. The molecule has 2 N–H and O–H groups in total. The van der Waals surface area contributed by atoms with Gasteiger partial charge in [-0.25, -0.2) is 4.99 Å². The average Bonchev–Trinajstić information content (AvgIpc) is 3.35. The molecular formula is C18H24ClIN8O. The minimum Gasteiger partial charge on any atom is -0.357 e. The van der Waals surface area contributed by atoms with Crippen LogP contribution in [0.25, 0.3) is 11.4 Å². The summed E-state index contributed by atoms with van der Waals surface area (Å²) in [6, 6.07) is 7.32. The summed E-state index contributed by atoms with van der Waals surface area (Å²) in [6.07, 6.45) is 2.58. The Morgan fingerprint density at radius 3 is 2.90 bits per heavy atom. The van der Waals surface area contributed by atoms with Gasteiger partial charge in [0.1, 0.15) is 18.7 Å². The molecule has 0 saturated heterocycles. The van der Waals surface area contributed by atoms with Gasteiger partial charge < -0.3 is 19.7 Å². The van der Waals surface area contributed by atoms with E-state index >= 15 is 0 Å². The lowest BCUT2D eigenvalue weighted by molar-refractivity contribution is 0.380.